The number of allylic oxidation sites excluding steroid dienone is 2. The lowest BCUT2D eigenvalue weighted by molar-refractivity contribution is 0.0567. The maximum absolute atomic E-state index is 14.1. The molecule has 4 bridgehead atoms. The first-order valence-electron chi connectivity index (χ1n) is 22.5. The lowest BCUT2D eigenvalue weighted by Crippen LogP contribution is -2.50. The van der Waals surface area contributed by atoms with Crippen molar-refractivity contribution in [3.63, 3.8) is 0 Å². The Morgan fingerprint density at radius 3 is 1.59 bits per heavy atom. The fourth-order valence-electron chi connectivity index (χ4n) is 9.00. The summed E-state index contributed by atoms with van der Waals surface area (Å²) in [5.74, 6) is -7.77. The molecule has 20 heteroatoms. The van der Waals surface area contributed by atoms with Crippen molar-refractivity contribution in [2.24, 2.45) is 11.8 Å². The summed E-state index contributed by atoms with van der Waals surface area (Å²) in [4.78, 5) is 81.3. The third-order valence-electron chi connectivity index (χ3n) is 13.0. The number of alkyl halides is 2. The fourth-order valence-corrected chi connectivity index (χ4v) is 9.00. The molecule has 6 atom stereocenters. The summed E-state index contributed by atoms with van der Waals surface area (Å²) in [5, 5.41) is 15.4. The van der Waals surface area contributed by atoms with Crippen LogP contribution >= 0.6 is 0 Å². The summed E-state index contributed by atoms with van der Waals surface area (Å²) in [6.45, 7) is 1.80. The largest absolute Gasteiger partial charge is 0.503 e. The number of carbonyl (C=O) groups is 4. The number of ether oxygens (including phenoxy) is 1. The molecule has 6 heterocycles. The molecule has 71 heavy (non-hydrogen) atoms. The molecule has 3 N–H and O–H groups in total. The zero-order valence-electron chi connectivity index (χ0n) is 38.1. The first-order chi connectivity index (χ1) is 34.0. The van der Waals surface area contributed by atoms with Crippen molar-refractivity contribution >= 4 is 23.6 Å². The highest BCUT2D eigenvalue weighted by Crippen LogP contribution is 2.37. The van der Waals surface area contributed by atoms with E-state index < -0.39 is 107 Å². The molecular weight excluding hydrogens is 939 g/mol. The smallest absolute Gasteiger partial charge is 0.275 e. The van der Waals surface area contributed by atoms with Gasteiger partial charge < -0.3 is 39.4 Å². The quantitative estimate of drug-likeness (QED) is 0.0998. The third kappa shape index (κ3) is 9.82. The standard InChI is InChI=1S/C29H26F3N3O4.C22H20F3N3O4/c1-17-7-10-21(12-30)34-15-24(17)35-14-22(28(37)33-13-19-8-9-20(31)11-23(19)32)26(36)27(25(35)29(34)38)39-16-18-5-3-2-4-6-18;1-11-2-5-14(7-23)27-10-17(11)28-9-15(19(29)20(30)18(28)22(27)32)21(31)26-8-12-3-4-13(24)6-16(12)25/h2-11,14,17,21,24H,12-13,15-16H2,1H3,(H,33,37);2-6,9,11,14,17,30H,7-8,10H2,1H3,(H,26,31)/t17-,21-,24-;11-,14-,17-/m11/s1. The Balaban J connectivity index is 0.000000194. The number of carbonyl (C=O) groups excluding carboxylic acids is 4. The van der Waals surface area contributed by atoms with Crippen LogP contribution in [0.5, 0.6) is 11.5 Å². The van der Waals surface area contributed by atoms with Crippen LogP contribution < -0.4 is 26.2 Å². The van der Waals surface area contributed by atoms with Gasteiger partial charge in [-0.3, -0.25) is 28.8 Å². The Morgan fingerprint density at radius 1 is 0.648 bits per heavy atom. The van der Waals surface area contributed by atoms with E-state index in [2.05, 4.69) is 10.6 Å². The summed E-state index contributed by atoms with van der Waals surface area (Å²) in [6, 6.07) is 12.4. The Morgan fingerprint density at radius 2 is 1.11 bits per heavy atom. The molecule has 9 rings (SSSR count). The minimum atomic E-state index is -1.07. The zero-order valence-corrected chi connectivity index (χ0v) is 38.1. The van der Waals surface area contributed by atoms with Gasteiger partial charge in [-0.2, -0.15) is 0 Å². The Bertz CT molecular complexity index is 3110. The molecule has 4 aliphatic rings. The molecule has 5 aromatic rings. The normalized spacial score (nSPS) is 20.7. The van der Waals surface area contributed by atoms with Gasteiger partial charge in [-0.15, -0.1) is 0 Å². The number of rotatable bonds is 11. The maximum atomic E-state index is 14.1. The number of amides is 4. The molecule has 0 spiro atoms. The highest BCUT2D eigenvalue weighted by atomic mass is 19.2. The summed E-state index contributed by atoms with van der Waals surface area (Å²) in [5.41, 5.74) is -2.20. The fraction of sp³-hybridized carbons (Fsp3) is 0.294. The molecule has 0 unspecified atom stereocenters. The summed E-state index contributed by atoms with van der Waals surface area (Å²) in [6.07, 6.45) is 9.29. The summed E-state index contributed by atoms with van der Waals surface area (Å²) < 4.78 is 90.4. The number of fused-ring (bicyclic) bond motifs is 8. The number of aromatic nitrogens is 2. The molecule has 4 amide bonds. The molecule has 0 radical (unpaired) electrons. The van der Waals surface area contributed by atoms with Crippen LogP contribution in [0.15, 0.2) is 113 Å². The van der Waals surface area contributed by atoms with Gasteiger partial charge in [0.2, 0.25) is 10.9 Å². The molecule has 3 aromatic carbocycles. The number of nitrogens with one attached hydrogen (secondary N) is 2. The monoisotopic (exact) mass is 984 g/mol. The Labute approximate surface area is 401 Å². The van der Waals surface area contributed by atoms with Crippen LogP contribution in [0.25, 0.3) is 0 Å². The third-order valence-corrected chi connectivity index (χ3v) is 13.0. The number of nitrogens with zero attached hydrogens (tertiary/aromatic N) is 4. The van der Waals surface area contributed by atoms with Gasteiger partial charge >= 0.3 is 0 Å². The van der Waals surface area contributed by atoms with Crippen molar-refractivity contribution in [1.82, 2.24) is 29.6 Å². The van der Waals surface area contributed by atoms with E-state index in [1.54, 1.807) is 47.1 Å². The minimum Gasteiger partial charge on any atom is -0.503 e. The van der Waals surface area contributed by atoms with Gasteiger partial charge in [-0.25, -0.2) is 26.3 Å². The number of halogens is 6. The second kappa shape index (κ2) is 20.6. The van der Waals surface area contributed by atoms with Crippen LogP contribution in [0.4, 0.5) is 26.3 Å². The predicted octanol–water partition coefficient (Wildman–Crippen LogP) is 6.48. The van der Waals surface area contributed by atoms with Crippen LogP contribution in [0.2, 0.25) is 0 Å². The van der Waals surface area contributed by atoms with Crippen LogP contribution in [-0.4, -0.2) is 86.2 Å². The molecule has 370 valence electrons. The lowest BCUT2D eigenvalue weighted by atomic mass is 9.98. The van der Waals surface area contributed by atoms with Crippen molar-refractivity contribution in [2.75, 3.05) is 26.4 Å². The van der Waals surface area contributed by atoms with Crippen molar-refractivity contribution in [3.8, 4) is 11.5 Å². The summed E-state index contributed by atoms with van der Waals surface area (Å²) >= 11 is 0. The van der Waals surface area contributed by atoms with Crippen LogP contribution in [0, 0.1) is 35.1 Å². The van der Waals surface area contributed by atoms with E-state index in [1.165, 1.54) is 32.8 Å². The molecule has 14 nitrogen and oxygen atoms in total. The van der Waals surface area contributed by atoms with E-state index in [1.807, 2.05) is 26.0 Å². The molecule has 0 saturated carbocycles. The molecular formula is C51H46F6N6O8. The zero-order chi connectivity index (χ0) is 50.8. The summed E-state index contributed by atoms with van der Waals surface area (Å²) in [7, 11) is 0. The van der Waals surface area contributed by atoms with Crippen LogP contribution in [0.1, 0.15) is 84.3 Å². The number of benzene rings is 3. The molecule has 0 aliphatic carbocycles. The highest BCUT2D eigenvalue weighted by molar-refractivity contribution is 6.00. The van der Waals surface area contributed by atoms with Gasteiger partial charge in [-0.1, -0.05) is 80.6 Å². The highest BCUT2D eigenvalue weighted by Gasteiger charge is 2.43. The van der Waals surface area contributed by atoms with E-state index >= 15 is 0 Å². The molecule has 0 saturated heterocycles. The number of hydrogen-bond donors (Lipinski definition) is 3. The average Bonchev–Trinajstić information content (AvgIpc) is 3.60. The average molecular weight is 985 g/mol. The van der Waals surface area contributed by atoms with E-state index in [0.717, 1.165) is 23.8 Å². The van der Waals surface area contributed by atoms with Gasteiger partial charge in [0.05, 0.1) is 24.2 Å². The molecule has 0 fully saturated rings. The van der Waals surface area contributed by atoms with E-state index in [4.69, 9.17) is 4.74 Å². The second-order valence-corrected chi connectivity index (χ2v) is 17.5. The Kier molecular flexibility index (Phi) is 14.4. The number of pyridine rings is 2. The van der Waals surface area contributed by atoms with Crippen LogP contribution in [-0.2, 0) is 19.7 Å². The van der Waals surface area contributed by atoms with E-state index in [0.29, 0.717) is 12.1 Å². The van der Waals surface area contributed by atoms with Crippen molar-refractivity contribution in [2.45, 2.75) is 57.7 Å². The molecule has 4 aliphatic heterocycles. The van der Waals surface area contributed by atoms with Gasteiger partial charge in [-0.05, 0) is 29.5 Å². The van der Waals surface area contributed by atoms with Gasteiger partial charge in [0.1, 0.15) is 54.4 Å². The predicted molar refractivity (Wildman–Crippen MR) is 245 cm³/mol. The van der Waals surface area contributed by atoms with Gasteiger partial charge in [0.25, 0.3) is 23.6 Å². The molecule has 2 aromatic heterocycles. The van der Waals surface area contributed by atoms with Crippen molar-refractivity contribution < 1.29 is 55.4 Å². The maximum Gasteiger partial charge on any atom is 0.275 e. The van der Waals surface area contributed by atoms with Crippen molar-refractivity contribution in [1.29, 1.82) is 0 Å². The second-order valence-electron chi connectivity index (χ2n) is 17.5. The SMILES string of the molecule is C[C@@H]1C=C[C@H](CF)N2C[C@H]1n1cc(C(=O)NCc3ccc(F)cc3F)c(=O)c(O)c1C2=O.C[C@@H]1C=C[C@H](CF)N2C[C@H]1n1cc(C(=O)NCc3ccc(F)cc3F)c(=O)c(OCc3ccccc3)c1C2=O. The van der Waals surface area contributed by atoms with Gasteiger partial charge in [0.15, 0.2) is 22.9 Å². The lowest BCUT2D eigenvalue weighted by Gasteiger charge is -2.39. The Hall–Kier alpha value is -7.90. The van der Waals surface area contributed by atoms with Gasteiger partial charge in [0, 0.05) is 61.8 Å². The van der Waals surface area contributed by atoms with E-state index in [9.17, 15) is 60.2 Å². The number of hydrogen-bond acceptors (Lipinski definition) is 8. The minimum absolute atomic E-state index is 0.00708. The first-order valence-corrected chi connectivity index (χ1v) is 22.5. The van der Waals surface area contributed by atoms with Crippen molar-refractivity contribution in [3.05, 3.63) is 186 Å². The van der Waals surface area contributed by atoms with Crippen LogP contribution in [0.3, 0.4) is 0 Å². The topological polar surface area (TPSA) is 172 Å². The number of aromatic hydroxyl groups is 1. The van der Waals surface area contributed by atoms with E-state index in [-0.39, 0.29) is 78.4 Å². The first kappa shape index (κ1) is 49.5.